The first-order chi connectivity index (χ1) is 66.4. The second-order valence-corrected chi connectivity index (χ2v) is 60.7. The zero-order valence-electron chi connectivity index (χ0n) is 84.8. The molecule has 1 aliphatic carbocycles. The van der Waals surface area contributed by atoms with E-state index in [1.165, 1.54) is 154 Å². The third-order valence-electron chi connectivity index (χ3n) is 29.3. The van der Waals surface area contributed by atoms with Crippen LogP contribution < -0.4 is 26.8 Å². The van der Waals surface area contributed by atoms with E-state index in [0.717, 1.165) is 85.5 Å². The van der Waals surface area contributed by atoms with Gasteiger partial charge < -0.3 is 0 Å². The molecule has 0 spiro atoms. The summed E-state index contributed by atoms with van der Waals surface area (Å²) in [5.74, 6) is 5.02. The molecule has 0 atom stereocenters. The van der Waals surface area contributed by atoms with Crippen LogP contribution in [0.2, 0.25) is 11.6 Å². The second kappa shape index (κ2) is 38.0. The summed E-state index contributed by atoms with van der Waals surface area (Å²) in [6.07, 6.45) is 0. The van der Waals surface area contributed by atoms with E-state index in [9.17, 15) is 24.1 Å². The van der Waals surface area contributed by atoms with Gasteiger partial charge in [0.2, 0.25) is 9.84 Å². The fourth-order valence-corrected chi connectivity index (χ4v) is 39.6. The summed E-state index contributed by atoms with van der Waals surface area (Å²) in [5, 5.41) is 11.3. The predicted molar refractivity (Wildman–Crippen MR) is 599 cm³/mol. The Morgan fingerprint density at radius 3 is 1.00 bits per heavy atom. The molecule has 0 radical (unpaired) electrons. The molecule has 0 amide bonds. The van der Waals surface area contributed by atoms with Gasteiger partial charge in [-0.2, -0.15) is 0 Å². The minimum Gasteiger partial charge on any atom is -0.0587 e. The maximum atomic E-state index is 12.5. The molecule has 6 aliphatic rings. The molecule has 25 rings (SSSR count). The van der Waals surface area contributed by atoms with Crippen LogP contribution in [-0.2, 0) is 43.0 Å². The first-order valence-electron chi connectivity index (χ1n) is 48.0. The van der Waals surface area contributed by atoms with Gasteiger partial charge in [-0.15, -0.1) is 0 Å². The van der Waals surface area contributed by atoms with Gasteiger partial charge in [-0.3, -0.25) is 0 Å². The number of sulfone groups is 1. The van der Waals surface area contributed by atoms with Gasteiger partial charge >= 0.3 is 425 Å². The van der Waals surface area contributed by atoms with Gasteiger partial charge in [0.05, 0.1) is 30.4 Å². The van der Waals surface area contributed by atoms with Crippen molar-refractivity contribution in [2.45, 2.75) is 194 Å². The molecule has 5 aliphatic heterocycles. The van der Waals surface area contributed by atoms with Gasteiger partial charge in [-0.05, 0) is 193 Å². The van der Waals surface area contributed by atoms with E-state index in [4.69, 9.17) is 0 Å². The van der Waals surface area contributed by atoms with Gasteiger partial charge in [0.1, 0.15) is 0 Å². The van der Waals surface area contributed by atoms with Crippen molar-refractivity contribution in [2.75, 3.05) is 0 Å². The fraction of sp³-hybridized carbons (Fsp3) is 0.203. The number of hydrogen-bond donors (Lipinski definition) is 0. The summed E-state index contributed by atoms with van der Waals surface area (Å²) < 4.78 is 83.9. The Morgan fingerprint density at radius 2 is 0.586 bits per heavy atom. The first-order valence-corrected chi connectivity index (χ1v) is 63.0. The van der Waals surface area contributed by atoms with Crippen LogP contribution in [0.1, 0.15) is 139 Å². The maximum Gasteiger partial charge on any atom is -0.0102 e. The van der Waals surface area contributed by atoms with Gasteiger partial charge in [-0.1, -0.05) is 171 Å². The SMILES string of the molecule is Cc1ccc2c(c1)C(C)(C)C(C)(C)c1cc(C)ccc1-2.Cc1ccc2c(c1)S(=O)(=O)c1cc(C)ccc1-2.Cc1ccc2c(c1)S(=O)c1cc(C)ccc1-2.Cc1ccc2c(c1)[Se](=O)(=O)c1cc(C)ccc1-2.Cc1ccc2c(c1)[Se](=O)c1cc(C)ccc1-2.Cc1ccc2c(c1)[Se](C)(C)c1cc(C)c3ccccc3c1-2.Cc1ccc2c(c1)[se]c1cc(C)ccc12.Cc1ccc2c(c1)c(C)c(C)c1cc(C)ccc12. The smallest absolute Gasteiger partial charge is 0.0102 e. The van der Waals surface area contributed by atoms with E-state index in [0.29, 0.717) is 33.2 Å². The van der Waals surface area contributed by atoms with Crippen LogP contribution >= 0.6 is 0 Å². The molecule has 0 unspecified atom stereocenters. The Labute approximate surface area is 845 Å². The number of benzene rings is 18. The van der Waals surface area contributed by atoms with Gasteiger partial charge in [-0.25, -0.2) is 12.6 Å². The molecule has 12 heteroatoms. The minimum absolute atomic E-state index is 0.134. The van der Waals surface area contributed by atoms with Crippen molar-refractivity contribution >= 4 is 153 Å². The average Bonchev–Trinajstić information content (AvgIpc) is 1.66. The largest absolute Gasteiger partial charge is 0.0587 e. The molecule has 0 fully saturated rings. The standard InChI is InChI=1S/C20H20Se.C20H24.C18H18.C14H12O2S.C14H12O2Se.C14H12OS.C14H12OSe.C14H12Se/c1-13-9-10-17-18(11-13)21(3,4)19-12-14(2)15-7-5-6-8-16(15)20(17)19;1-13-7-9-15-16-10-8-14(2)12-18(16)20(5,6)19(3,4)17(15)11-13;1-11-5-7-15-16-8-6-12(2)10-18(16)14(4)13(3)17(15)9-11;2*1-9-3-5-11-12-6-4-10(2)8-14(12)17(15,16)13(11)7-9;2*1-9-3-5-11-12-6-4-10(2)8-14(12)16(15)13(11)7-9;1-9-3-5-11-12-6-4-10(2)8-14(12)15-13(11)7-9/h5-12H,1-4H3;7-12H,1-6H3;5-10H,1-4H3;2*3-8H,1-2H3;2*3-8H,1-2H3;3-8H,1-2H3. The summed E-state index contributed by atoms with van der Waals surface area (Å²) in [7, 11) is -4.30. The summed E-state index contributed by atoms with van der Waals surface area (Å²) in [4.78, 5) is 2.80. The molecule has 18 aromatic carbocycles. The van der Waals surface area contributed by atoms with Crippen LogP contribution in [-0.4, -0.2) is 66.5 Å². The summed E-state index contributed by atoms with van der Waals surface area (Å²) >= 11 is -7.40. The van der Waals surface area contributed by atoms with E-state index in [1.54, 1.807) is 41.7 Å². The van der Waals surface area contributed by atoms with Crippen molar-refractivity contribution in [3.63, 3.8) is 0 Å². The van der Waals surface area contributed by atoms with Gasteiger partial charge in [0.25, 0.3) is 0 Å². The summed E-state index contributed by atoms with van der Waals surface area (Å²) in [5.41, 5.74) is 39.3. The Hall–Kier alpha value is -11.7. The van der Waals surface area contributed by atoms with Crippen molar-refractivity contribution in [1.82, 2.24) is 0 Å². The maximum absolute atomic E-state index is 12.5. The number of aryl methyl sites for hydroxylation is 18. The normalized spacial score (nSPS) is 14.6. The molecule has 1 aromatic heterocycles. The zero-order chi connectivity index (χ0) is 99.7. The fourth-order valence-electron chi connectivity index (χ4n) is 20.7. The quantitative estimate of drug-likeness (QED) is 0.111. The molecule has 19 aromatic rings. The minimum atomic E-state index is -4.14. The molecule has 0 saturated heterocycles. The molecule has 140 heavy (non-hydrogen) atoms. The Balaban J connectivity index is 0.000000106. The van der Waals surface area contributed by atoms with Crippen molar-refractivity contribution in [3.8, 4) is 66.8 Å². The van der Waals surface area contributed by atoms with Crippen LogP contribution in [0.5, 0.6) is 0 Å². The summed E-state index contributed by atoms with van der Waals surface area (Å²) in [6.45, 7) is 47.3. The van der Waals surface area contributed by atoms with Crippen molar-refractivity contribution in [3.05, 3.63) is 415 Å². The van der Waals surface area contributed by atoms with Crippen molar-refractivity contribution in [2.24, 2.45) is 0 Å². The Kier molecular flexibility index (Phi) is 26.7. The molecule has 0 N–H and O–H groups in total. The molecule has 706 valence electrons. The number of rotatable bonds is 0. The molecular weight excluding hydrogens is 2010 g/mol. The van der Waals surface area contributed by atoms with E-state index >= 15 is 0 Å². The third kappa shape index (κ3) is 18.1. The van der Waals surface area contributed by atoms with Gasteiger partial charge in [0, 0.05) is 11.1 Å². The average molecular weight is 2140 g/mol. The van der Waals surface area contributed by atoms with Crippen LogP contribution in [0.3, 0.4) is 0 Å². The van der Waals surface area contributed by atoms with Crippen LogP contribution in [0.4, 0.5) is 0 Å². The Bertz CT molecular complexity index is 8050. The monoisotopic (exact) mass is 2140 g/mol. The van der Waals surface area contributed by atoms with Crippen LogP contribution in [0.25, 0.3) is 118 Å². The third-order valence-corrected chi connectivity index (χ3v) is 47.9. The number of fused-ring (bicyclic) bond motifs is 26. The summed E-state index contributed by atoms with van der Waals surface area (Å²) in [6, 6.07) is 107. The van der Waals surface area contributed by atoms with Crippen molar-refractivity contribution in [1.29, 1.82) is 0 Å². The molecular formula is C128H122O6S2Se4. The van der Waals surface area contributed by atoms with Gasteiger partial charge in [0.15, 0.2) is 0 Å². The van der Waals surface area contributed by atoms with E-state index in [-0.39, 0.29) is 10.8 Å². The topological polar surface area (TPSA) is 102 Å². The van der Waals surface area contributed by atoms with Crippen LogP contribution in [0, 0.1) is 125 Å². The first kappa shape index (κ1) is 98.5. The van der Waals surface area contributed by atoms with E-state index in [1.807, 2.05) is 116 Å². The van der Waals surface area contributed by atoms with E-state index < -0.39 is 60.0 Å². The molecule has 0 bridgehead atoms. The van der Waals surface area contributed by atoms with Crippen molar-refractivity contribution < 1.29 is 24.1 Å². The second-order valence-electron chi connectivity index (χ2n) is 40.8. The number of hydrogen-bond acceptors (Lipinski definition) is 6. The predicted octanol–water partition coefficient (Wildman–Crippen LogP) is 28.8. The molecule has 6 nitrogen and oxygen atoms in total. The van der Waals surface area contributed by atoms with Crippen LogP contribution in [0.15, 0.2) is 323 Å². The zero-order valence-corrected chi connectivity index (χ0v) is 93.3. The molecule has 0 saturated carbocycles. The molecule has 6 heterocycles. The Morgan fingerprint density at radius 1 is 0.279 bits per heavy atom. The van der Waals surface area contributed by atoms with E-state index in [2.05, 4.69) is 327 Å².